The van der Waals surface area contributed by atoms with E-state index in [9.17, 15) is 9.00 Å². The average Bonchev–Trinajstić information content (AvgIpc) is 2.27. The van der Waals surface area contributed by atoms with Crippen LogP contribution in [0.25, 0.3) is 0 Å². The van der Waals surface area contributed by atoms with E-state index in [4.69, 9.17) is 10.5 Å². The van der Waals surface area contributed by atoms with Gasteiger partial charge in [-0.25, -0.2) is 0 Å². The lowest BCUT2D eigenvalue weighted by molar-refractivity contribution is 0.0944. The van der Waals surface area contributed by atoms with Gasteiger partial charge in [-0.3, -0.25) is 9.00 Å². The molecule has 1 rings (SSSR count). The molecule has 2 unspecified atom stereocenters. The van der Waals surface area contributed by atoms with E-state index in [0.29, 0.717) is 22.8 Å². The lowest BCUT2D eigenvalue weighted by Crippen LogP contribution is -2.36. The lowest BCUT2D eigenvalue weighted by Gasteiger charge is -2.13. The molecule has 0 aromatic heterocycles. The summed E-state index contributed by atoms with van der Waals surface area (Å²) >= 11 is 0. The Balaban J connectivity index is 2.75. The molecule has 0 radical (unpaired) electrons. The van der Waals surface area contributed by atoms with Crippen molar-refractivity contribution < 1.29 is 13.7 Å². The van der Waals surface area contributed by atoms with E-state index >= 15 is 0 Å². The molecule has 2 atom stereocenters. The molecule has 0 saturated carbocycles. The normalized spacial score (nSPS) is 13.7. The zero-order chi connectivity index (χ0) is 13.7. The number of benzene rings is 1. The SMILES string of the molecule is COc1ccc(C(=O)NC(C)CS(C)=O)c(N)c1. The van der Waals surface area contributed by atoms with Crippen molar-refractivity contribution in [3.8, 4) is 5.75 Å². The van der Waals surface area contributed by atoms with Crippen LogP contribution in [0.1, 0.15) is 17.3 Å². The number of hydrogen-bond donors (Lipinski definition) is 2. The smallest absolute Gasteiger partial charge is 0.253 e. The third-order valence-electron chi connectivity index (χ3n) is 2.37. The van der Waals surface area contributed by atoms with Crippen molar-refractivity contribution in [3.63, 3.8) is 0 Å². The topological polar surface area (TPSA) is 81.4 Å². The molecule has 0 saturated heterocycles. The Bertz CT molecular complexity index is 463. The monoisotopic (exact) mass is 270 g/mol. The molecule has 100 valence electrons. The standard InChI is InChI=1S/C12H18N2O3S/c1-8(7-18(3)16)14-12(15)10-5-4-9(17-2)6-11(10)13/h4-6,8H,7,13H2,1-3H3,(H,14,15). The number of ether oxygens (including phenoxy) is 1. The molecule has 1 aromatic carbocycles. The van der Waals surface area contributed by atoms with Crippen molar-refractivity contribution in [1.82, 2.24) is 5.32 Å². The third kappa shape index (κ3) is 4.03. The zero-order valence-electron chi connectivity index (χ0n) is 10.7. The zero-order valence-corrected chi connectivity index (χ0v) is 11.5. The second-order valence-corrected chi connectivity index (χ2v) is 5.55. The maximum Gasteiger partial charge on any atom is 0.253 e. The maximum absolute atomic E-state index is 11.9. The van der Waals surface area contributed by atoms with E-state index in [1.165, 1.54) is 7.11 Å². The number of nitrogens with one attached hydrogen (secondary N) is 1. The fraction of sp³-hybridized carbons (Fsp3) is 0.417. The van der Waals surface area contributed by atoms with Crippen molar-refractivity contribution >= 4 is 22.4 Å². The highest BCUT2D eigenvalue weighted by molar-refractivity contribution is 7.84. The molecule has 3 N–H and O–H groups in total. The molecule has 6 heteroatoms. The lowest BCUT2D eigenvalue weighted by atomic mass is 10.1. The summed E-state index contributed by atoms with van der Waals surface area (Å²) in [5.74, 6) is 0.752. The van der Waals surface area contributed by atoms with Crippen molar-refractivity contribution in [1.29, 1.82) is 0 Å². The molecule has 1 aromatic rings. The minimum Gasteiger partial charge on any atom is -0.497 e. The third-order valence-corrected chi connectivity index (χ3v) is 3.33. The quantitative estimate of drug-likeness (QED) is 0.775. The van der Waals surface area contributed by atoms with Gasteiger partial charge in [-0.2, -0.15) is 0 Å². The molecule has 18 heavy (non-hydrogen) atoms. The van der Waals surface area contributed by atoms with Crippen LogP contribution in [-0.2, 0) is 10.8 Å². The van der Waals surface area contributed by atoms with Gasteiger partial charge in [0.25, 0.3) is 5.91 Å². The second kappa shape index (κ2) is 6.39. The van der Waals surface area contributed by atoms with Crippen molar-refractivity contribution in [3.05, 3.63) is 23.8 Å². The fourth-order valence-electron chi connectivity index (χ4n) is 1.57. The van der Waals surface area contributed by atoms with E-state index in [0.717, 1.165) is 0 Å². The van der Waals surface area contributed by atoms with E-state index in [-0.39, 0.29) is 11.9 Å². The van der Waals surface area contributed by atoms with Crippen LogP contribution in [0.3, 0.4) is 0 Å². The molecule has 0 spiro atoms. The molecule has 0 bridgehead atoms. The second-order valence-electron chi connectivity index (χ2n) is 4.07. The van der Waals surface area contributed by atoms with Gasteiger partial charge in [-0.1, -0.05) is 0 Å². The predicted octanol–water partition coefficient (Wildman–Crippen LogP) is 0.774. The molecule has 1 amide bonds. The largest absolute Gasteiger partial charge is 0.497 e. The van der Waals surface area contributed by atoms with E-state index in [2.05, 4.69) is 5.32 Å². The molecule has 0 aliphatic heterocycles. The summed E-state index contributed by atoms with van der Waals surface area (Å²) in [5, 5.41) is 2.75. The summed E-state index contributed by atoms with van der Waals surface area (Å²) in [7, 11) is 0.590. The van der Waals surface area contributed by atoms with Crippen molar-refractivity contribution in [2.75, 3.05) is 24.9 Å². The first-order valence-electron chi connectivity index (χ1n) is 5.48. The Morgan fingerprint density at radius 2 is 2.22 bits per heavy atom. The van der Waals surface area contributed by atoms with Crippen LogP contribution in [0.4, 0.5) is 5.69 Å². The minimum atomic E-state index is -0.945. The van der Waals surface area contributed by atoms with Gasteiger partial charge in [-0.15, -0.1) is 0 Å². The highest BCUT2D eigenvalue weighted by Crippen LogP contribution is 2.19. The van der Waals surface area contributed by atoms with E-state index < -0.39 is 10.8 Å². The predicted molar refractivity (Wildman–Crippen MR) is 73.3 cm³/mol. The minimum absolute atomic E-state index is 0.162. The first kappa shape index (κ1) is 14.5. The first-order valence-corrected chi connectivity index (χ1v) is 7.21. The number of carbonyl (C=O) groups excluding carboxylic acids is 1. The molecule has 5 nitrogen and oxygen atoms in total. The molecule has 0 aliphatic carbocycles. The maximum atomic E-state index is 11.9. The molecule has 0 fully saturated rings. The van der Waals surface area contributed by atoms with Gasteiger partial charge in [0, 0.05) is 40.6 Å². The number of hydrogen-bond acceptors (Lipinski definition) is 4. The number of nitrogen functional groups attached to an aromatic ring is 1. The molecule has 0 aliphatic rings. The van der Waals surface area contributed by atoms with Crippen LogP contribution in [0.2, 0.25) is 0 Å². The van der Waals surface area contributed by atoms with Gasteiger partial charge < -0.3 is 15.8 Å². The first-order chi connectivity index (χ1) is 8.43. The van der Waals surface area contributed by atoms with Crippen LogP contribution in [0.15, 0.2) is 18.2 Å². The Labute approximate surface area is 109 Å². The van der Waals surface area contributed by atoms with Crippen molar-refractivity contribution in [2.24, 2.45) is 0 Å². The number of rotatable bonds is 5. The average molecular weight is 270 g/mol. The van der Waals surface area contributed by atoms with Gasteiger partial charge in [-0.05, 0) is 19.1 Å². The summed E-state index contributed by atoms with van der Waals surface area (Å²) in [6.07, 6.45) is 1.60. The Morgan fingerprint density at radius 3 is 2.72 bits per heavy atom. The number of nitrogens with two attached hydrogens (primary N) is 1. The number of carbonyl (C=O) groups is 1. The Kier molecular flexibility index (Phi) is 5.15. The van der Waals surface area contributed by atoms with Gasteiger partial charge in [0.15, 0.2) is 0 Å². The summed E-state index contributed by atoms with van der Waals surface area (Å²) in [6, 6.07) is 4.72. The summed E-state index contributed by atoms with van der Waals surface area (Å²) in [6.45, 7) is 1.80. The van der Waals surface area contributed by atoms with Crippen LogP contribution < -0.4 is 15.8 Å². The Morgan fingerprint density at radius 1 is 1.56 bits per heavy atom. The van der Waals surface area contributed by atoms with Crippen molar-refractivity contribution in [2.45, 2.75) is 13.0 Å². The highest BCUT2D eigenvalue weighted by Gasteiger charge is 2.13. The number of anilines is 1. The Hall–Kier alpha value is -1.56. The van der Waals surface area contributed by atoms with Crippen LogP contribution in [0.5, 0.6) is 5.75 Å². The molecular weight excluding hydrogens is 252 g/mol. The van der Waals surface area contributed by atoms with E-state index in [1.54, 1.807) is 31.4 Å². The van der Waals surface area contributed by atoms with Crippen LogP contribution in [0, 0.1) is 0 Å². The number of methoxy groups -OCH3 is 1. The van der Waals surface area contributed by atoms with Gasteiger partial charge in [0.2, 0.25) is 0 Å². The summed E-state index contributed by atoms with van der Waals surface area (Å²) in [4.78, 5) is 11.9. The van der Waals surface area contributed by atoms with Crippen LogP contribution in [-0.4, -0.2) is 35.3 Å². The van der Waals surface area contributed by atoms with Gasteiger partial charge >= 0.3 is 0 Å². The van der Waals surface area contributed by atoms with E-state index in [1.807, 2.05) is 0 Å². The van der Waals surface area contributed by atoms with Crippen LogP contribution >= 0.6 is 0 Å². The summed E-state index contributed by atoms with van der Waals surface area (Å²) < 4.78 is 16.1. The summed E-state index contributed by atoms with van der Waals surface area (Å²) in [5.41, 5.74) is 6.53. The highest BCUT2D eigenvalue weighted by atomic mass is 32.2. The fourth-order valence-corrected chi connectivity index (χ4v) is 2.36. The molecular formula is C12H18N2O3S. The van der Waals surface area contributed by atoms with Gasteiger partial charge in [0.05, 0.1) is 12.7 Å². The number of amides is 1. The molecule has 0 heterocycles. The van der Waals surface area contributed by atoms with Gasteiger partial charge in [0.1, 0.15) is 5.75 Å².